The summed E-state index contributed by atoms with van der Waals surface area (Å²) >= 11 is 5.92. The average molecular weight is 252 g/mol. The van der Waals surface area contributed by atoms with Crippen LogP contribution in [0.4, 0.5) is 11.4 Å². The summed E-state index contributed by atoms with van der Waals surface area (Å²) in [6, 6.07) is 6.66. The summed E-state index contributed by atoms with van der Waals surface area (Å²) < 4.78 is 0. The highest BCUT2D eigenvalue weighted by molar-refractivity contribution is 6.31. The second-order valence-corrected chi connectivity index (χ2v) is 5.39. The fourth-order valence-corrected chi connectivity index (χ4v) is 2.76. The number of halogens is 1. The van der Waals surface area contributed by atoms with Gasteiger partial charge in [0.15, 0.2) is 0 Å². The summed E-state index contributed by atoms with van der Waals surface area (Å²) in [7, 11) is 0. The number of nitrogens with two attached hydrogens (primary N) is 1. The fraction of sp³-hybridized carbons (Fsp3) is 0.538. The number of piperazine rings is 1. The Labute approximate surface area is 107 Å². The molecule has 1 aromatic carbocycles. The van der Waals surface area contributed by atoms with Crippen LogP contribution >= 0.6 is 11.6 Å². The standard InChI is InChI=1S/C13H18ClN3/c14-10-1-4-13(12(15)9-10)17-7-5-16(6-8-17)11-2-3-11/h1,4,9,11H,2-3,5-8,15H2. The summed E-state index contributed by atoms with van der Waals surface area (Å²) in [6.07, 6.45) is 2.78. The quantitative estimate of drug-likeness (QED) is 0.818. The first-order valence-electron chi connectivity index (χ1n) is 6.28. The molecule has 0 bridgehead atoms. The van der Waals surface area contributed by atoms with Crippen molar-refractivity contribution in [1.82, 2.24) is 4.90 Å². The SMILES string of the molecule is Nc1cc(Cl)ccc1N1CCN(C2CC2)CC1. The molecule has 2 N–H and O–H groups in total. The second-order valence-electron chi connectivity index (χ2n) is 4.96. The molecule has 1 aliphatic carbocycles. The molecule has 3 nitrogen and oxygen atoms in total. The number of nitrogen functional groups attached to an aromatic ring is 1. The van der Waals surface area contributed by atoms with Gasteiger partial charge in [0, 0.05) is 37.2 Å². The van der Waals surface area contributed by atoms with Gasteiger partial charge in [0.2, 0.25) is 0 Å². The molecule has 0 unspecified atom stereocenters. The molecule has 1 saturated carbocycles. The highest BCUT2D eigenvalue weighted by atomic mass is 35.5. The first-order chi connectivity index (χ1) is 8.24. The van der Waals surface area contributed by atoms with E-state index in [2.05, 4.69) is 9.80 Å². The van der Waals surface area contributed by atoms with Gasteiger partial charge in [0.05, 0.1) is 11.4 Å². The Bertz CT molecular complexity index is 409. The summed E-state index contributed by atoms with van der Waals surface area (Å²) in [5.74, 6) is 0. The molecule has 17 heavy (non-hydrogen) atoms. The molecule has 0 atom stereocenters. The van der Waals surface area contributed by atoms with Crippen LogP contribution in [0.1, 0.15) is 12.8 Å². The summed E-state index contributed by atoms with van der Waals surface area (Å²) in [5, 5.41) is 0.711. The third kappa shape index (κ3) is 2.35. The minimum absolute atomic E-state index is 0.711. The number of nitrogens with zero attached hydrogens (tertiary/aromatic N) is 2. The highest BCUT2D eigenvalue weighted by Gasteiger charge is 2.31. The van der Waals surface area contributed by atoms with Gasteiger partial charge in [-0.3, -0.25) is 4.90 Å². The van der Waals surface area contributed by atoms with Gasteiger partial charge in [0.1, 0.15) is 0 Å². The zero-order valence-electron chi connectivity index (χ0n) is 9.90. The largest absolute Gasteiger partial charge is 0.397 e. The predicted molar refractivity (Wildman–Crippen MR) is 72.7 cm³/mol. The Kier molecular flexibility index (Phi) is 2.89. The maximum Gasteiger partial charge on any atom is 0.0601 e. The van der Waals surface area contributed by atoms with Crippen LogP contribution in [-0.4, -0.2) is 37.1 Å². The molecular weight excluding hydrogens is 234 g/mol. The predicted octanol–water partition coefficient (Wildman–Crippen LogP) is 2.21. The lowest BCUT2D eigenvalue weighted by molar-refractivity contribution is 0.248. The Balaban J connectivity index is 1.68. The third-order valence-corrected chi connectivity index (χ3v) is 3.94. The lowest BCUT2D eigenvalue weighted by Crippen LogP contribution is -2.47. The molecule has 4 heteroatoms. The molecule has 1 saturated heterocycles. The van der Waals surface area contributed by atoms with Crippen LogP contribution in [-0.2, 0) is 0 Å². The van der Waals surface area contributed by atoms with E-state index in [1.165, 1.54) is 12.8 Å². The van der Waals surface area contributed by atoms with E-state index in [0.29, 0.717) is 5.02 Å². The van der Waals surface area contributed by atoms with Gasteiger partial charge in [-0.05, 0) is 31.0 Å². The van der Waals surface area contributed by atoms with Crippen molar-refractivity contribution in [3.8, 4) is 0 Å². The molecule has 1 aromatic rings. The van der Waals surface area contributed by atoms with Crippen LogP contribution in [0.2, 0.25) is 5.02 Å². The van der Waals surface area contributed by atoms with Gasteiger partial charge in [-0.1, -0.05) is 11.6 Å². The molecule has 2 aliphatic rings. The number of anilines is 2. The second kappa shape index (κ2) is 4.39. The van der Waals surface area contributed by atoms with E-state index in [0.717, 1.165) is 43.6 Å². The van der Waals surface area contributed by atoms with Crippen molar-refractivity contribution in [2.24, 2.45) is 0 Å². The number of hydrogen-bond acceptors (Lipinski definition) is 3. The van der Waals surface area contributed by atoms with Crippen LogP contribution in [0.25, 0.3) is 0 Å². The van der Waals surface area contributed by atoms with E-state index in [4.69, 9.17) is 17.3 Å². The molecule has 0 amide bonds. The molecule has 3 rings (SSSR count). The number of hydrogen-bond donors (Lipinski definition) is 1. The third-order valence-electron chi connectivity index (χ3n) is 3.71. The van der Waals surface area contributed by atoms with Crippen molar-refractivity contribution < 1.29 is 0 Å². The Morgan fingerprint density at radius 1 is 1.12 bits per heavy atom. The molecular formula is C13H18ClN3. The lowest BCUT2D eigenvalue weighted by atomic mass is 10.2. The average Bonchev–Trinajstić information content (AvgIpc) is 3.13. The Morgan fingerprint density at radius 3 is 2.41 bits per heavy atom. The van der Waals surface area contributed by atoms with Gasteiger partial charge in [-0.2, -0.15) is 0 Å². The normalized spacial score (nSPS) is 21.8. The van der Waals surface area contributed by atoms with Crippen molar-refractivity contribution in [1.29, 1.82) is 0 Å². The van der Waals surface area contributed by atoms with E-state index in [1.807, 2.05) is 18.2 Å². The van der Waals surface area contributed by atoms with Crippen molar-refractivity contribution in [3.05, 3.63) is 23.2 Å². The first kappa shape index (κ1) is 11.2. The first-order valence-corrected chi connectivity index (χ1v) is 6.66. The monoisotopic (exact) mass is 251 g/mol. The smallest absolute Gasteiger partial charge is 0.0601 e. The maximum absolute atomic E-state index is 6.02. The zero-order valence-corrected chi connectivity index (χ0v) is 10.7. The molecule has 92 valence electrons. The zero-order chi connectivity index (χ0) is 11.8. The molecule has 0 radical (unpaired) electrons. The molecule has 1 aliphatic heterocycles. The Hall–Kier alpha value is -0.930. The molecule has 1 heterocycles. The van der Waals surface area contributed by atoms with Crippen LogP contribution in [0, 0.1) is 0 Å². The van der Waals surface area contributed by atoms with E-state index in [1.54, 1.807) is 0 Å². The van der Waals surface area contributed by atoms with Crippen molar-refractivity contribution in [2.45, 2.75) is 18.9 Å². The summed E-state index contributed by atoms with van der Waals surface area (Å²) in [4.78, 5) is 4.97. The van der Waals surface area contributed by atoms with Gasteiger partial charge in [0.25, 0.3) is 0 Å². The number of benzene rings is 1. The van der Waals surface area contributed by atoms with Crippen LogP contribution in [0.3, 0.4) is 0 Å². The molecule has 0 aromatic heterocycles. The van der Waals surface area contributed by atoms with E-state index in [9.17, 15) is 0 Å². The minimum Gasteiger partial charge on any atom is -0.397 e. The molecule has 0 spiro atoms. The van der Waals surface area contributed by atoms with Crippen LogP contribution in [0.15, 0.2) is 18.2 Å². The lowest BCUT2D eigenvalue weighted by Gasteiger charge is -2.36. The summed E-state index contributed by atoms with van der Waals surface area (Å²) in [5.41, 5.74) is 7.94. The van der Waals surface area contributed by atoms with Crippen LogP contribution in [0.5, 0.6) is 0 Å². The fourth-order valence-electron chi connectivity index (χ4n) is 2.58. The highest BCUT2D eigenvalue weighted by Crippen LogP contribution is 2.31. The van der Waals surface area contributed by atoms with Crippen molar-refractivity contribution >= 4 is 23.0 Å². The van der Waals surface area contributed by atoms with Gasteiger partial charge in [-0.25, -0.2) is 0 Å². The molecule has 2 fully saturated rings. The van der Waals surface area contributed by atoms with E-state index >= 15 is 0 Å². The summed E-state index contributed by atoms with van der Waals surface area (Å²) in [6.45, 7) is 4.46. The topological polar surface area (TPSA) is 32.5 Å². The van der Waals surface area contributed by atoms with Crippen LogP contribution < -0.4 is 10.6 Å². The van der Waals surface area contributed by atoms with Crippen molar-refractivity contribution in [2.75, 3.05) is 36.8 Å². The van der Waals surface area contributed by atoms with E-state index < -0.39 is 0 Å². The van der Waals surface area contributed by atoms with Gasteiger partial charge >= 0.3 is 0 Å². The maximum atomic E-state index is 6.02. The van der Waals surface area contributed by atoms with Gasteiger partial charge in [-0.15, -0.1) is 0 Å². The number of rotatable bonds is 2. The van der Waals surface area contributed by atoms with E-state index in [-0.39, 0.29) is 0 Å². The van der Waals surface area contributed by atoms with Crippen molar-refractivity contribution in [3.63, 3.8) is 0 Å². The minimum atomic E-state index is 0.711. The Morgan fingerprint density at radius 2 is 1.82 bits per heavy atom. The van der Waals surface area contributed by atoms with Gasteiger partial charge < -0.3 is 10.6 Å².